The standard InChI is InChI=1S/C12H9Cl2N3O/c13-9-2-1-7(5-10(9)15)12(18)17-8-3-4-16-11(14)6-8/h1-6H,15H2,(H,16,17,18). The number of aromatic nitrogens is 1. The van der Waals surface area contributed by atoms with Gasteiger partial charge in [0.1, 0.15) is 5.15 Å². The SMILES string of the molecule is Nc1cc(C(=O)Nc2ccnc(Cl)c2)ccc1Cl. The molecule has 2 rings (SSSR count). The van der Waals surface area contributed by atoms with Crippen molar-refractivity contribution in [1.82, 2.24) is 4.98 Å². The zero-order valence-corrected chi connectivity index (χ0v) is 10.7. The monoisotopic (exact) mass is 281 g/mol. The summed E-state index contributed by atoms with van der Waals surface area (Å²) < 4.78 is 0. The summed E-state index contributed by atoms with van der Waals surface area (Å²) in [4.78, 5) is 15.7. The Morgan fingerprint density at radius 2 is 2.00 bits per heavy atom. The van der Waals surface area contributed by atoms with Gasteiger partial charge >= 0.3 is 0 Å². The van der Waals surface area contributed by atoms with Crippen LogP contribution in [0, 0.1) is 0 Å². The van der Waals surface area contributed by atoms with E-state index in [-0.39, 0.29) is 5.91 Å². The van der Waals surface area contributed by atoms with E-state index in [2.05, 4.69) is 10.3 Å². The van der Waals surface area contributed by atoms with Gasteiger partial charge in [-0.15, -0.1) is 0 Å². The van der Waals surface area contributed by atoms with E-state index in [0.29, 0.717) is 27.1 Å². The Morgan fingerprint density at radius 3 is 2.67 bits per heavy atom. The molecule has 0 spiro atoms. The summed E-state index contributed by atoms with van der Waals surface area (Å²) in [6.07, 6.45) is 1.51. The second kappa shape index (κ2) is 5.25. The molecule has 1 amide bonds. The first-order chi connectivity index (χ1) is 8.56. The first-order valence-corrected chi connectivity index (χ1v) is 5.80. The number of nitrogens with zero attached hydrogens (tertiary/aromatic N) is 1. The number of halogens is 2. The van der Waals surface area contributed by atoms with E-state index < -0.39 is 0 Å². The van der Waals surface area contributed by atoms with Gasteiger partial charge in [-0.2, -0.15) is 0 Å². The van der Waals surface area contributed by atoms with Crippen LogP contribution in [0.1, 0.15) is 10.4 Å². The minimum Gasteiger partial charge on any atom is -0.398 e. The van der Waals surface area contributed by atoms with Crippen molar-refractivity contribution in [2.45, 2.75) is 0 Å². The van der Waals surface area contributed by atoms with Gasteiger partial charge in [-0.3, -0.25) is 4.79 Å². The highest BCUT2D eigenvalue weighted by Crippen LogP contribution is 2.20. The number of nitrogen functional groups attached to an aromatic ring is 1. The Morgan fingerprint density at radius 1 is 1.22 bits per heavy atom. The minimum atomic E-state index is -0.291. The van der Waals surface area contributed by atoms with E-state index >= 15 is 0 Å². The number of amides is 1. The van der Waals surface area contributed by atoms with Crippen LogP contribution in [-0.4, -0.2) is 10.9 Å². The minimum absolute atomic E-state index is 0.291. The van der Waals surface area contributed by atoms with Crippen molar-refractivity contribution in [1.29, 1.82) is 0 Å². The topological polar surface area (TPSA) is 68.0 Å². The van der Waals surface area contributed by atoms with E-state index in [1.165, 1.54) is 12.3 Å². The summed E-state index contributed by atoms with van der Waals surface area (Å²) in [6, 6.07) is 7.88. The van der Waals surface area contributed by atoms with Crippen molar-refractivity contribution < 1.29 is 4.79 Å². The number of hydrogen-bond acceptors (Lipinski definition) is 3. The first kappa shape index (κ1) is 12.7. The molecule has 0 radical (unpaired) electrons. The maximum absolute atomic E-state index is 11.9. The van der Waals surface area contributed by atoms with Gasteiger partial charge in [-0.25, -0.2) is 4.98 Å². The number of nitrogens with one attached hydrogen (secondary N) is 1. The van der Waals surface area contributed by atoms with Crippen LogP contribution in [-0.2, 0) is 0 Å². The zero-order chi connectivity index (χ0) is 13.1. The van der Waals surface area contributed by atoms with Gasteiger partial charge in [-0.05, 0) is 30.3 Å². The number of benzene rings is 1. The summed E-state index contributed by atoms with van der Waals surface area (Å²) in [6.45, 7) is 0. The first-order valence-electron chi connectivity index (χ1n) is 5.04. The van der Waals surface area contributed by atoms with Gasteiger partial charge in [0.2, 0.25) is 0 Å². The van der Waals surface area contributed by atoms with Crippen LogP contribution in [0.3, 0.4) is 0 Å². The number of hydrogen-bond donors (Lipinski definition) is 2. The van der Waals surface area contributed by atoms with Gasteiger partial charge in [0.15, 0.2) is 0 Å². The number of carbonyl (C=O) groups is 1. The predicted molar refractivity (Wildman–Crippen MR) is 73.1 cm³/mol. The van der Waals surface area contributed by atoms with Crippen molar-refractivity contribution in [2.24, 2.45) is 0 Å². The Balaban J connectivity index is 2.19. The number of anilines is 2. The van der Waals surface area contributed by atoms with Crippen LogP contribution in [0.15, 0.2) is 36.5 Å². The average molecular weight is 282 g/mol. The number of pyridine rings is 1. The van der Waals surface area contributed by atoms with Crippen LogP contribution in [0.4, 0.5) is 11.4 Å². The molecule has 0 fully saturated rings. The third-order valence-electron chi connectivity index (χ3n) is 2.24. The lowest BCUT2D eigenvalue weighted by Crippen LogP contribution is -2.12. The molecule has 18 heavy (non-hydrogen) atoms. The molecule has 0 aliphatic carbocycles. The van der Waals surface area contributed by atoms with E-state index in [0.717, 1.165) is 0 Å². The van der Waals surface area contributed by atoms with Crippen molar-refractivity contribution in [2.75, 3.05) is 11.1 Å². The zero-order valence-electron chi connectivity index (χ0n) is 9.15. The summed E-state index contributed by atoms with van der Waals surface area (Å²) >= 11 is 11.5. The maximum atomic E-state index is 11.9. The normalized spacial score (nSPS) is 10.1. The van der Waals surface area contributed by atoms with Crippen LogP contribution in [0.2, 0.25) is 10.2 Å². The molecule has 1 aromatic carbocycles. The molecule has 1 aromatic heterocycles. The van der Waals surface area contributed by atoms with E-state index in [1.54, 1.807) is 24.3 Å². The Kier molecular flexibility index (Phi) is 3.69. The molecule has 0 bridgehead atoms. The summed E-state index contributed by atoms with van der Waals surface area (Å²) in [7, 11) is 0. The fourth-order valence-electron chi connectivity index (χ4n) is 1.37. The van der Waals surface area contributed by atoms with Gasteiger partial charge in [0.05, 0.1) is 10.7 Å². The van der Waals surface area contributed by atoms with Gasteiger partial charge in [0, 0.05) is 17.4 Å². The molecular weight excluding hydrogens is 273 g/mol. The number of carbonyl (C=O) groups excluding carboxylic acids is 1. The van der Waals surface area contributed by atoms with Crippen LogP contribution < -0.4 is 11.1 Å². The number of rotatable bonds is 2. The Hall–Kier alpha value is -1.78. The van der Waals surface area contributed by atoms with Gasteiger partial charge in [0.25, 0.3) is 5.91 Å². The lowest BCUT2D eigenvalue weighted by molar-refractivity contribution is 0.102. The molecule has 0 aliphatic rings. The fourth-order valence-corrected chi connectivity index (χ4v) is 1.66. The Labute approximate surface area is 114 Å². The molecule has 0 saturated carbocycles. The molecule has 6 heteroatoms. The molecule has 1 heterocycles. The predicted octanol–water partition coefficient (Wildman–Crippen LogP) is 3.22. The van der Waals surface area contributed by atoms with Crippen molar-refractivity contribution in [3.63, 3.8) is 0 Å². The molecular formula is C12H9Cl2N3O. The highest BCUT2D eigenvalue weighted by molar-refractivity contribution is 6.33. The highest BCUT2D eigenvalue weighted by atomic mass is 35.5. The average Bonchev–Trinajstić information content (AvgIpc) is 2.32. The fraction of sp³-hybridized carbons (Fsp3) is 0. The maximum Gasteiger partial charge on any atom is 0.255 e. The van der Waals surface area contributed by atoms with E-state index in [4.69, 9.17) is 28.9 Å². The van der Waals surface area contributed by atoms with Crippen molar-refractivity contribution >= 4 is 40.5 Å². The third-order valence-corrected chi connectivity index (χ3v) is 2.79. The largest absolute Gasteiger partial charge is 0.398 e. The van der Waals surface area contributed by atoms with Crippen molar-refractivity contribution in [3.05, 3.63) is 52.3 Å². The second-order valence-corrected chi connectivity index (χ2v) is 4.35. The summed E-state index contributed by atoms with van der Waals surface area (Å²) in [5, 5.41) is 3.41. The van der Waals surface area contributed by atoms with E-state index in [1.807, 2.05) is 0 Å². The molecule has 0 aliphatic heterocycles. The molecule has 3 N–H and O–H groups in total. The van der Waals surface area contributed by atoms with Crippen LogP contribution in [0.25, 0.3) is 0 Å². The summed E-state index contributed by atoms with van der Waals surface area (Å²) in [5.41, 5.74) is 6.98. The van der Waals surface area contributed by atoms with Gasteiger partial charge < -0.3 is 11.1 Å². The molecule has 2 aromatic rings. The quantitative estimate of drug-likeness (QED) is 0.656. The van der Waals surface area contributed by atoms with E-state index in [9.17, 15) is 4.79 Å². The Bertz CT molecular complexity index is 602. The van der Waals surface area contributed by atoms with Crippen LogP contribution in [0.5, 0.6) is 0 Å². The molecule has 0 unspecified atom stereocenters. The van der Waals surface area contributed by atoms with Gasteiger partial charge in [-0.1, -0.05) is 23.2 Å². The summed E-state index contributed by atoms with van der Waals surface area (Å²) in [5.74, 6) is -0.291. The lowest BCUT2D eigenvalue weighted by atomic mass is 10.2. The highest BCUT2D eigenvalue weighted by Gasteiger charge is 2.08. The third kappa shape index (κ3) is 2.91. The molecule has 4 nitrogen and oxygen atoms in total. The number of nitrogens with two attached hydrogens (primary N) is 1. The van der Waals surface area contributed by atoms with Crippen molar-refractivity contribution in [3.8, 4) is 0 Å². The molecule has 0 saturated heterocycles. The lowest BCUT2D eigenvalue weighted by Gasteiger charge is -2.06. The second-order valence-electron chi connectivity index (χ2n) is 3.56. The smallest absolute Gasteiger partial charge is 0.255 e. The molecule has 92 valence electrons. The van der Waals surface area contributed by atoms with Crippen LogP contribution >= 0.6 is 23.2 Å². The molecule has 0 atom stereocenters.